The number of nitrogens with two attached hydrogens (primary N) is 1. The molecule has 0 unspecified atom stereocenters. The summed E-state index contributed by atoms with van der Waals surface area (Å²) in [6.07, 6.45) is 1.06. The van der Waals surface area contributed by atoms with E-state index in [0.717, 1.165) is 17.5 Å². The van der Waals surface area contributed by atoms with Crippen LogP contribution >= 0.6 is 0 Å². The van der Waals surface area contributed by atoms with Gasteiger partial charge in [-0.05, 0) is 47.2 Å². The van der Waals surface area contributed by atoms with Crippen LogP contribution in [0.5, 0.6) is 5.75 Å². The van der Waals surface area contributed by atoms with Gasteiger partial charge in [0.15, 0.2) is 0 Å². The number of hydrogen-bond acceptors (Lipinski definition) is 4. The van der Waals surface area contributed by atoms with Gasteiger partial charge in [-0.25, -0.2) is 4.79 Å². The Morgan fingerprint density at radius 1 is 1.00 bits per heavy atom. The number of amidine groups is 1. The van der Waals surface area contributed by atoms with Crippen molar-refractivity contribution in [1.29, 1.82) is 5.41 Å². The Morgan fingerprint density at radius 2 is 1.59 bits per heavy atom. The second-order valence-electron chi connectivity index (χ2n) is 8.51. The summed E-state index contributed by atoms with van der Waals surface area (Å²) in [5, 5.41) is 7.42. The van der Waals surface area contributed by atoms with Gasteiger partial charge in [-0.1, -0.05) is 39.0 Å². The number of carbonyl (C=O) groups is 2. The molecule has 6 nitrogen and oxygen atoms in total. The normalized spacial score (nSPS) is 11.1. The molecule has 154 valence electrons. The number of benzene rings is 2. The van der Waals surface area contributed by atoms with Crippen molar-refractivity contribution in [2.24, 2.45) is 11.1 Å². The SMILES string of the molecule is CN(C)C(=O)Cc1ccc(OC(=O)c2ccc(C(=N)N)cc2)cc1CC(C)(C)C. The fourth-order valence-corrected chi connectivity index (χ4v) is 2.85. The van der Waals surface area contributed by atoms with Crippen LogP contribution in [0.2, 0.25) is 0 Å². The molecule has 0 atom stereocenters. The molecule has 2 aromatic rings. The number of ether oxygens (including phenoxy) is 1. The van der Waals surface area contributed by atoms with Crippen molar-refractivity contribution in [3.8, 4) is 5.75 Å². The van der Waals surface area contributed by atoms with Gasteiger partial charge >= 0.3 is 5.97 Å². The summed E-state index contributed by atoms with van der Waals surface area (Å²) in [4.78, 5) is 26.2. The van der Waals surface area contributed by atoms with Crippen LogP contribution in [0.1, 0.15) is 47.8 Å². The lowest BCUT2D eigenvalue weighted by Crippen LogP contribution is -2.24. The number of esters is 1. The van der Waals surface area contributed by atoms with Gasteiger partial charge in [0.2, 0.25) is 5.91 Å². The standard InChI is InChI=1S/C23H29N3O3/c1-23(2,3)14-18-12-19(11-10-17(18)13-20(27)26(4)5)29-22(28)16-8-6-15(7-9-16)21(24)25/h6-12H,13-14H2,1-5H3,(H3,24,25). The third-order valence-electron chi connectivity index (χ3n) is 4.38. The van der Waals surface area contributed by atoms with Gasteiger partial charge < -0.3 is 15.4 Å². The van der Waals surface area contributed by atoms with Gasteiger partial charge in [-0.15, -0.1) is 0 Å². The molecule has 6 heteroatoms. The van der Waals surface area contributed by atoms with E-state index < -0.39 is 5.97 Å². The van der Waals surface area contributed by atoms with Crippen LogP contribution in [0.15, 0.2) is 42.5 Å². The number of nitrogens with zero attached hydrogens (tertiary/aromatic N) is 1. The summed E-state index contributed by atoms with van der Waals surface area (Å²) >= 11 is 0. The molecule has 0 saturated heterocycles. The Labute approximate surface area is 172 Å². The van der Waals surface area contributed by atoms with Crippen LogP contribution in [0.4, 0.5) is 0 Å². The average molecular weight is 396 g/mol. The maximum absolute atomic E-state index is 12.5. The highest BCUT2D eigenvalue weighted by Gasteiger charge is 2.18. The summed E-state index contributed by atoms with van der Waals surface area (Å²) in [5.41, 5.74) is 8.30. The maximum Gasteiger partial charge on any atom is 0.343 e. The number of hydrogen-bond donors (Lipinski definition) is 2. The third-order valence-corrected chi connectivity index (χ3v) is 4.38. The van der Waals surface area contributed by atoms with Crippen LogP contribution in [0.3, 0.4) is 0 Å². The van der Waals surface area contributed by atoms with Crippen molar-refractivity contribution in [3.05, 3.63) is 64.7 Å². The summed E-state index contributed by atoms with van der Waals surface area (Å²) in [7, 11) is 3.47. The Kier molecular flexibility index (Phi) is 6.80. The molecular formula is C23H29N3O3. The molecule has 1 amide bonds. The minimum atomic E-state index is -0.487. The van der Waals surface area contributed by atoms with Crippen molar-refractivity contribution in [2.75, 3.05) is 14.1 Å². The van der Waals surface area contributed by atoms with Crippen LogP contribution in [-0.2, 0) is 17.6 Å². The zero-order chi connectivity index (χ0) is 21.8. The molecule has 2 aromatic carbocycles. The Bertz CT molecular complexity index is 910. The molecule has 0 bridgehead atoms. The lowest BCUT2D eigenvalue weighted by molar-refractivity contribution is -0.127. The van der Waals surface area contributed by atoms with E-state index in [-0.39, 0.29) is 17.2 Å². The predicted octanol–water partition coefficient (Wildman–Crippen LogP) is 3.41. The fraction of sp³-hybridized carbons (Fsp3) is 0.348. The van der Waals surface area contributed by atoms with E-state index in [1.807, 2.05) is 12.1 Å². The summed E-state index contributed by atoms with van der Waals surface area (Å²) in [5.74, 6) is -0.0834. The number of nitrogen functional groups attached to an aromatic ring is 1. The molecule has 0 aliphatic heterocycles. The molecule has 0 fully saturated rings. The quantitative estimate of drug-likeness (QED) is 0.339. The number of rotatable bonds is 6. The van der Waals surface area contributed by atoms with Crippen molar-refractivity contribution in [3.63, 3.8) is 0 Å². The number of nitrogens with one attached hydrogen (secondary N) is 1. The number of likely N-dealkylation sites (N-methyl/N-ethyl adjacent to an activating group) is 1. The van der Waals surface area contributed by atoms with Crippen LogP contribution in [-0.4, -0.2) is 36.7 Å². The van der Waals surface area contributed by atoms with E-state index in [0.29, 0.717) is 23.3 Å². The molecule has 2 rings (SSSR count). The average Bonchev–Trinajstić information content (AvgIpc) is 2.62. The lowest BCUT2D eigenvalue weighted by atomic mass is 9.85. The van der Waals surface area contributed by atoms with Crippen molar-refractivity contribution < 1.29 is 14.3 Å². The lowest BCUT2D eigenvalue weighted by Gasteiger charge is -2.21. The van der Waals surface area contributed by atoms with Gasteiger partial charge in [-0.2, -0.15) is 0 Å². The number of carbonyl (C=O) groups excluding carboxylic acids is 2. The van der Waals surface area contributed by atoms with E-state index >= 15 is 0 Å². The van der Waals surface area contributed by atoms with Gasteiger partial charge in [0.25, 0.3) is 0 Å². The Hall–Kier alpha value is -3.15. The first-order chi connectivity index (χ1) is 13.5. The van der Waals surface area contributed by atoms with Crippen molar-refractivity contribution in [2.45, 2.75) is 33.6 Å². The number of amides is 1. The second kappa shape index (κ2) is 8.90. The Morgan fingerprint density at radius 3 is 2.10 bits per heavy atom. The van der Waals surface area contributed by atoms with Gasteiger partial charge in [0, 0.05) is 19.7 Å². The highest BCUT2D eigenvalue weighted by atomic mass is 16.5. The monoisotopic (exact) mass is 395 g/mol. The second-order valence-corrected chi connectivity index (χ2v) is 8.51. The Balaban J connectivity index is 2.25. The van der Waals surface area contributed by atoms with E-state index in [1.54, 1.807) is 49.3 Å². The van der Waals surface area contributed by atoms with Crippen LogP contribution < -0.4 is 10.5 Å². The van der Waals surface area contributed by atoms with Crippen molar-refractivity contribution >= 4 is 17.7 Å². The highest BCUT2D eigenvalue weighted by molar-refractivity contribution is 5.97. The highest BCUT2D eigenvalue weighted by Crippen LogP contribution is 2.27. The molecule has 0 aliphatic carbocycles. The smallest absolute Gasteiger partial charge is 0.343 e. The zero-order valence-electron chi connectivity index (χ0n) is 17.7. The molecule has 29 heavy (non-hydrogen) atoms. The van der Waals surface area contributed by atoms with Gasteiger partial charge in [0.05, 0.1) is 12.0 Å². The topological polar surface area (TPSA) is 96.5 Å². The van der Waals surface area contributed by atoms with Crippen molar-refractivity contribution in [1.82, 2.24) is 4.90 Å². The molecule has 0 aliphatic rings. The van der Waals surface area contributed by atoms with E-state index in [4.69, 9.17) is 15.9 Å². The molecule has 0 heterocycles. The summed E-state index contributed by atoms with van der Waals surface area (Å²) < 4.78 is 5.54. The molecule has 0 saturated carbocycles. The first kappa shape index (κ1) is 22.1. The van der Waals surface area contributed by atoms with Gasteiger partial charge in [-0.3, -0.25) is 10.2 Å². The van der Waals surface area contributed by atoms with Gasteiger partial charge in [0.1, 0.15) is 11.6 Å². The molecular weight excluding hydrogens is 366 g/mol. The summed E-state index contributed by atoms with van der Waals surface area (Å²) in [6, 6.07) is 11.8. The zero-order valence-corrected chi connectivity index (χ0v) is 17.7. The fourth-order valence-electron chi connectivity index (χ4n) is 2.85. The first-order valence-electron chi connectivity index (χ1n) is 9.45. The molecule has 0 aromatic heterocycles. The minimum Gasteiger partial charge on any atom is -0.423 e. The molecule has 0 spiro atoms. The molecule has 0 radical (unpaired) electrons. The first-order valence-corrected chi connectivity index (χ1v) is 9.45. The minimum absolute atomic E-state index is 0.0149. The van der Waals surface area contributed by atoms with E-state index in [2.05, 4.69) is 20.8 Å². The van der Waals surface area contributed by atoms with E-state index in [1.165, 1.54) is 0 Å². The van der Waals surface area contributed by atoms with Crippen LogP contribution in [0, 0.1) is 10.8 Å². The molecule has 3 N–H and O–H groups in total. The summed E-state index contributed by atoms with van der Waals surface area (Å²) in [6.45, 7) is 6.37. The predicted molar refractivity (Wildman–Crippen MR) is 114 cm³/mol. The van der Waals surface area contributed by atoms with E-state index in [9.17, 15) is 9.59 Å². The van der Waals surface area contributed by atoms with Crippen LogP contribution in [0.25, 0.3) is 0 Å². The largest absolute Gasteiger partial charge is 0.423 e. The third kappa shape index (κ3) is 6.45. The maximum atomic E-state index is 12.5.